The van der Waals surface area contributed by atoms with E-state index in [1.54, 1.807) is 34.6 Å². The molecule has 0 spiro atoms. The van der Waals surface area contributed by atoms with E-state index in [0.29, 0.717) is 0 Å². The summed E-state index contributed by atoms with van der Waals surface area (Å²) in [5.74, 6) is -1.48. The van der Waals surface area contributed by atoms with Gasteiger partial charge in [-0.15, -0.1) is 0 Å². The van der Waals surface area contributed by atoms with E-state index in [4.69, 9.17) is 19.9 Å². The van der Waals surface area contributed by atoms with Gasteiger partial charge in [0, 0.05) is 0 Å². The lowest BCUT2D eigenvalue weighted by Crippen LogP contribution is -2.39. The second-order valence-corrected chi connectivity index (χ2v) is 6.85. The molecule has 0 aliphatic carbocycles. The standard InChI is InChI=1S/C15H23N3O6S/c1-6-22-11(19)9(18-14(21)24-15(3,4)5)8-10(12(20)23-7-2)25-13(16)17-8/h9H,6-7H2,1-5H3,(H2,16,17)(H,18,21). The average molecular weight is 373 g/mol. The van der Waals surface area contributed by atoms with E-state index in [2.05, 4.69) is 10.3 Å². The molecular weight excluding hydrogens is 350 g/mol. The van der Waals surface area contributed by atoms with E-state index >= 15 is 0 Å². The minimum atomic E-state index is -1.34. The Labute approximate surface area is 149 Å². The first-order chi connectivity index (χ1) is 11.6. The Morgan fingerprint density at radius 1 is 1.20 bits per heavy atom. The maximum atomic E-state index is 12.3. The molecule has 0 fully saturated rings. The molecule has 1 amide bonds. The number of hydrogen-bond donors (Lipinski definition) is 2. The molecule has 1 heterocycles. The number of carbonyl (C=O) groups is 3. The van der Waals surface area contributed by atoms with Crippen LogP contribution in [-0.2, 0) is 19.0 Å². The van der Waals surface area contributed by atoms with Crippen LogP contribution in [0.4, 0.5) is 9.93 Å². The van der Waals surface area contributed by atoms with Crippen molar-refractivity contribution in [2.75, 3.05) is 18.9 Å². The second kappa shape index (κ2) is 8.65. The summed E-state index contributed by atoms with van der Waals surface area (Å²) >= 11 is 0.859. The van der Waals surface area contributed by atoms with Crippen LogP contribution in [-0.4, -0.2) is 41.8 Å². The van der Waals surface area contributed by atoms with Crippen LogP contribution in [0.5, 0.6) is 0 Å². The van der Waals surface area contributed by atoms with Crippen LogP contribution in [0.1, 0.15) is 56.0 Å². The predicted molar refractivity (Wildman–Crippen MR) is 91.2 cm³/mol. The number of alkyl carbamates (subject to hydrolysis) is 1. The lowest BCUT2D eigenvalue weighted by Gasteiger charge is -2.22. The Kier molecular flexibility index (Phi) is 7.16. The van der Waals surface area contributed by atoms with Gasteiger partial charge in [-0.05, 0) is 34.6 Å². The van der Waals surface area contributed by atoms with Crippen LogP contribution in [0.25, 0.3) is 0 Å². The monoisotopic (exact) mass is 373 g/mol. The molecule has 140 valence electrons. The third-order valence-corrected chi connectivity index (χ3v) is 3.47. The molecule has 0 saturated heterocycles. The van der Waals surface area contributed by atoms with Gasteiger partial charge in [0.25, 0.3) is 0 Å². The number of ether oxygens (including phenoxy) is 3. The van der Waals surface area contributed by atoms with Crippen LogP contribution in [0, 0.1) is 0 Å². The van der Waals surface area contributed by atoms with Gasteiger partial charge < -0.3 is 25.3 Å². The lowest BCUT2D eigenvalue weighted by molar-refractivity contribution is -0.145. The summed E-state index contributed by atoms with van der Waals surface area (Å²) in [5.41, 5.74) is 4.86. The highest BCUT2D eigenvalue weighted by molar-refractivity contribution is 7.17. The number of esters is 2. The number of nitrogen functional groups attached to an aromatic ring is 1. The summed E-state index contributed by atoms with van der Waals surface area (Å²) in [6.45, 7) is 8.51. The van der Waals surface area contributed by atoms with Crippen molar-refractivity contribution in [1.82, 2.24) is 10.3 Å². The molecule has 1 unspecified atom stereocenters. The van der Waals surface area contributed by atoms with Crippen molar-refractivity contribution in [1.29, 1.82) is 0 Å². The Morgan fingerprint density at radius 2 is 1.80 bits per heavy atom. The van der Waals surface area contributed by atoms with Crippen LogP contribution < -0.4 is 11.1 Å². The van der Waals surface area contributed by atoms with Gasteiger partial charge in [0.05, 0.1) is 13.2 Å². The first kappa shape index (κ1) is 20.7. The highest BCUT2D eigenvalue weighted by Crippen LogP contribution is 2.28. The number of rotatable bonds is 6. The van der Waals surface area contributed by atoms with Gasteiger partial charge in [0.2, 0.25) is 0 Å². The Bertz CT molecular complexity index is 638. The number of nitrogens with one attached hydrogen (secondary N) is 1. The molecule has 0 aromatic carbocycles. The smallest absolute Gasteiger partial charge is 0.408 e. The fraction of sp³-hybridized carbons (Fsp3) is 0.600. The molecule has 0 radical (unpaired) electrons. The van der Waals surface area contributed by atoms with E-state index in [-0.39, 0.29) is 28.9 Å². The van der Waals surface area contributed by atoms with Crippen LogP contribution in [0.2, 0.25) is 0 Å². The lowest BCUT2D eigenvalue weighted by atomic mass is 10.2. The zero-order valence-electron chi connectivity index (χ0n) is 14.9. The number of thiazole rings is 1. The van der Waals surface area contributed by atoms with Crippen molar-refractivity contribution >= 4 is 34.5 Å². The van der Waals surface area contributed by atoms with Gasteiger partial charge in [0.1, 0.15) is 16.2 Å². The Balaban J connectivity index is 3.18. The summed E-state index contributed by atoms with van der Waals surface area (Å²) in [6.07, 6.45) is -0.855. The van der Waals surface area contributed by atoms with Gasteiger partial charge >= 0.3 is 18.0 Å². The summed E-state index contributed by atoms with van der Waals surface area (Å²) in [6, 6.07) is -1.34. The number of hydrogen-bond acceptors (Lipinski definition) is 9. The average Bonchev–Trinajstić information content (AvgIpc) is 2.85. The molecule has 0 bridgehead atoms. The van der Waals surface area contributed by atoms with Crippen LogP contribution >= 0.6 is 11.3 Å². The quantitative estimate of drug-likeness (QED) is 0.572. The number of aromatic nitrogens is 1. The SMILES string of the molecule is CCOC(=O)c1sc(N)nc1C(NC(=O)OC(C)(C)C)C(=O)OCC. The molecule has 10 heteroatoms. The van der Waals surface area contributed by atoms with Gasteiger partial charge in [-0.1, -0.05) is 11.3 Å². The van der Waals surface area contributed by atoms with Gasteiger partial charge in [-0.2, -0.15) is 0 Å². The maximum Gasteiger partial charge on any atom is 0.408 e. The predicted octanol–water partition coefficient (Wildman–Crippen LogP) is 2.03. The van der Waals surface area contributed by atoms with E-state index < -0.39 is 29.7 Å². The summed E-state index contributed by atoms with van der Waals surface area (Å²) in [4.78, 5) is 40.4. The molecular formula is C15H23N3O6S. The van der Waals surface area contributed by atoms with Gasteiger partial charge in [-0.3, -0.25) is 0 Å². The second-order valence-electron chi connectivity index (χ2n) is 5.82. The highest BCUT2D eigenvalue weighted by atomic mass is 32.1. The molecule has 25 heavy (non-hydrogen) atoms. The molecule has 0 aliphatic rings. The van der Waals surface area contributed by atoms with Crippen molar-refractivity contribution in [3.63, 3.8) is 0 Å². The van der Waals surface area contributed by atoms with E-state index in [0.717, 1.165) is 11.3 Å². The fourth-order valence-electron chi connectivity index (χ4n) is 1.78. The maximum absolute atomic E-state index is 12.3. The number of carbonyl (C=O) groups excluding carboxylic acids is 3. The molecule has 3 N–H and O–H groups in total. The largest absolute Gasteiger partial charge is 0.464 e. The number of nitrogens with zero attached hydrogens (tertiary/aromatic N) is 1. The van der Waals surface area contributed by atoms with E-state index in [1.165, 1.54) is 0 Å². The highest BCUT2D eigenvalue weighted by Gasteiger charge is 2.34. The molecule has 1 rings (SSSR count). The number of anilines is 1. The molecule has 1 aromatic rings. The number of nitrogens with two attached hydrogens (primary N) is 1. The third kappa shape index (κ3) is 6.22. The summed E-state index contributed by atoms with van der Waals surface area (Å²) < 4.78 is 15.0. The van der Waals surface area contributed by atoms with Crippen molar-refractivity contribution in [2.24, 2.45) is 0 Å². The minimum absolute atomic E-state index is 0.0217. The number of amides is 1. The van der Waals surface area contributed by atoms with Gasteiger partial charge in [-0.25, -0.2) is 19.4 Å². The van der Waals surface area contributed by atoms with E-state index in [9.17, 15) is 14.4 Å². The molecule has 9 nitrogen and oxygen atoms in total. The normalized spacial score (nSPS) is 12.2. The summed E-state index contributed by atoms with van der Waals surface area (Å²) in [7, 11) is 0. The zero-order valence-corrected chi connectivity index (χ0v) is 15.7. The Morgan fingerprint density at radius 3 is 2.32 bits per heavy atom. The molecule has 0 saturated carbocycles. The van der Waals surface area contributed by atoms with E-state index in [1.807, 2.05) is 0 Å². The summed E-state index contributed by atoms with van der Waals surface area (Å²) in [5, 5.41) is 2.42. The first-order valence-electron chi connectivity index (χ1n) is 7.68. The first-order valence-corrected chi connectivity index (χ1v) is 8.50. The van der Waals surface area contributed by atoms with Crippen LogP contribution in [0.15, 0.2) is 0 Å². The van der Waals surface area contributed by atoms with Gasteiger partial charge in [0.15, 0.2) is 11.2 Å². The molecule has 0 aliphatic heterocycles. The van der Waals surface area contributed by atoms with Crippen molar-refractivity contribution in [2.45, 2.75) is 46.3 Å². The third-order valence-electron chi connectivity index (χ3n) is 2.59. The van der Waals surface area contributed by atoms with Crippen molar-refractivity contribution in [3.05, 3.63) is 10.6 Å². The van der Waals surface area contributed by atoms with Crippen LogP contribution in [0.3, 0.4) is 0 Å². The fourth-order valence-corrected chi connectivity index (χ4v) is 2.54. The zero-order chi connectivity index (χ0) is 19.2. The Hall–Kier alpha value is -2.36. The minimum Gasteiger partial charge on any atom is -0.464 e. The molecule has 1 aromatic heterocycles. The topological polar surface area (TPSA) is 130 Å². The van der Waals surface area contributed by atoms with Crippen molar-refractivity contribution < 1.29 is 28.6 Å². The van der Waals surface area contributed by atoms with Crippen molar-refractivity contribution in [3.8, 4) is 0 Å². The molecule has 1 atom stereocenters.